The van der Waals surface area contributed by atoms with Crippen LogP contribution in [0.5, 0.6) is 0 Å². The van der Waals surface area contributed by atoms with E-state index >= 15 is 0 Å². The Morgan fingerprint density at radius 2 is 2.09 bits per heavy atom. The van der Waals surface area contributed by atoms with Gasteiger partial charge in [-0.15, -0.1) is 23.1 Å². The molecule has 0 saturated heterocycles. The van der Waals surface area contributed by atoms with Crippen molar-refractivity contribution in [3.8, 4) is 0 Å². The van der Waals surface area contributed by atoms with E-state index < -0.39 is 10.0 Å². The quantitative estimate of drug-likeness (QED) is 0.808. The lowest BCUT2D eigenvalue weighted by molar-refractivity contribution is -0.116. The summed E-state index contributed by atoms with van der Waals surface area (Å²) in [7, 11) is -2.21. The Labute approximate surface area is 138 Å². The van der Waals surface area contributed by atoms with Gasteiger partial charge in [0.2, 0.25) is 5.91 Å². The minimum atomic E-state index is -3.61. The molecule has 5 nitrogen and oxygen atoms in total. The Kier molecular flexibility index (Phi) is 5.63. The maximum atomic E-state index is 12.2. The number of anilines is 1. The highest BCUT2D eigenvalue weighted by Gasteiger charge is 2.23. The Bertz CT molecular complexity index is 742. The van der Waals surface area contributed by atoms with Crippen LogP contribution in [0.15, 0.2) is 50.9 Å². The fourth-order valence-electron chi connectivity index (χ4n) is 1.75. The van der Waals surface area contributed by atoms with E-state index in [4.69, 9.17) is 0 Å². The molecule has 8 heteroatoms. The zero-order valence-electron chi connectivity index (χ0n) is 12.1. The van der Waals surface area contributed by atoms with Crippen LogP contribution in [-0.2, 0) is 14.8 Å². The zero-order chi connectivity index (χ0) is 16.2. The van der Waals surface area contributed by atoms with E-state index in [2.05, 4.69) is 5.32 Å². The lowest BCUT2D eigenvalue weighted by atomic mass is 10.3. The number of benzene rings is 1. The molecule has 0 aliphatic rings. The van der Waals surface area contributed by atoms with Gasteiger partial charge in [-0.1, -0.05) is 12.1 Å². The molecule has 1 aromatic heterocycles. The number of thioether (sulfide) groups is 1. The van der Waals surface area contributed by atoms with E-state index in [-0.39, 0.29) is 16.7 Å². The molecule has 118 valence electrons. The van der Waals surface area contributed by atoms with E-state index in [0.29, 0.717) is 5.69 Å². The van der Waals surface area contributed by atoms with Gasteiger partial charge >= 0.3 is 0 Å². The molecule has 0 unspecified atom stereocenters. The van der Waals surface area contributed by atoms with Crippen molar-refractivity contribution in [2.45, 2.75) is 9.10 Å². The largest absolute Gasteiger partial charge is 0.325 e. The smallest absolute Gasteiger partial charge is 0.252 e. The maximum absolute atomic E-state index is 12.2. The van der Waals surface area contributed by atoms with Crippen LogP contribution in [0.4, 0.5) is 5.69 Å². The van der Waals surface area contributed by atoms with Crippen molar-refractivity contribution in [3.63, 3.8) is 0 Å². The van der Waals surface area contributed by atoms with Crippen LogP contribution in [0.1, 0.15) is 0 Å². The fraction of sp³-hybridized carbons (Fsp3) is 0.214. The van der Waals surface area contributed by atoms with Gasteiger partial charge < -0.3 is 5.32 Å². The second kappa shape index (κ2) is 7.28. The normalized spacial score (nSPS) is 11.6. The van der Waals surface area contributed by atoms with Crippen LogP contribution in [0.25, 0.3) is 0 Å². The molecule has 0 radical (unpaired) electrons. The molecule has 0 fully saturated rings. The lowest BCUT2D eigenvalue weighted by Gasteiger charge is -2.15. The minimum Gasteiger partial charge on any atom is -0.325 e. The van der Waals surface area contributed by atoms with Crippen LogP contribution < -0.4 is 5.32 Å². The SMILES string of the molecule is CSc1cccc(NC(=O)CN(C)S(=O)(=O)c2cccs2)c1. The minimum absolute atomic E-state index is 0.229. The summed E-state index contributed by atoms with van der Waals surface area (Å²) in [5.74, 6) is -0.374. The summed E-state index contributed by atoms with van der Waals surface area (Å²) in [6.45, 7) is -0.232. The number of thiophene rings is 1. The summed E-state index contributed by atoms with van der Waals surface area (Å²) in [6.07, 6.45) is 1.95. The first-order valence-electron chi connectivity index (χ1n) is 6.37. The topological polar surface area (TPSA) is 66.5 Å². The lowest BCUT2D eigenvalue weighted by Crippen LogP contribution is -2.34. The van der Waals surface area contributed by atoms with Crippen molar-refractivity contribution in [2.24, 2.45) is 0 Å². The van der Waals surface area contributed by atoms with Crippen LogP contribution >= 0.6 is 23.1 Å². The number of hydrogen-bond acceptors (Lipinski definition) is 5. The molecule has 22 heavy (non-hydrogen) atoms. The Morgan fingerprint density at radius 1 is 1.32 bits per heavy atom. The molecule has 0 bridgehead atoms. The number of carbonyl (C=O) groups is 1. The Morgan fingerprint density at radius 3 is 2.73 bits per heavy atom. The average molecular weight is 356 g/mol. The van der Waals surface area contributed by atoms with Crippen LogP contribution in [-0.4, -0.2) is 38.5 Å². The summed E-state index contributed by atoms with van der Waals surface area (Å²) in [5.41, 5.74) is 0.652. The van der Waals surface area contributed by atoms with Gasteiger partial charge in [0.25, 0.3) is 10.0 Å². The van der Waals surface area contributed by atoms with Crippen LogP contribution in [0.2, 0.25) is 0 Å². The molecule has 0 atom stereocenters. The van der Waals surface area contributed by atoms with Crippen molar-refractivity contribution in [1.82, 2.24) is 4.31 Å². The molecular weight excluding hydrogens is 340 g/mol. The first kappa shape index (κ1) is 17.0. The number of sulfonamides is 1. The highest BCUT2D eigenvalue weighted by molar-refractivity contribution is 7.98. The molecule has 1 amide bonds. The van der Waals surface area contributed by atoms with Gasteiger partial charge in [0.1, 0.15) is 4.21 Å². The van der Waals surface area contributed by atoms with Crippen molar-refractivity contribution in [1.29, 1.82) is 0 Å². The van der Waals surface area contributed by atoms with E-state index in [9.17, 15) is 13.2 Å². The molecule has 0 aliphatic carbocycles. The standard InChI is InChI=1S/C14H16N2O3S3/c1-16(22(18,19)14-7-4-8-21-14)10-13(17)15-11-5-3-6-12(9-11)20-2/h3-9H,10H2,1-2H3,(H,15,17). The number of nitrogens with zero attached hydrogens (tertiary/aromatic N) is 1. The van der Waals surface area contributed by atoms with Gasteiger partial charge in [-0.2, -0.15) is 4.31 Å². The second-order valence-electron chi connectivity index (χ2n) is 4.47. The Balaban J connectivity index is 2.02. The monoisotopic (exact) mass is 356 g/mol. The molecule has 0 spiro atoms. The van der Waals surface area contributed by atoms with Gasteiger partial charge in [-0.05, 0) is 35.9 Å². The summed E-state index contributed by atoms with van der Waals surface area (Å²) in [6, 6.07) is 10.6. The van der Waals surface area contributed by atoms with Crippen molar-refractivity contribution in [3.05, 3.63) is 41.8 Å². The summed E-state index contributed by atoms with van der Waals surface area (Å²) < 4.78 is 25.7. The number of hydrogen-bond donors (Lipinski definition) is 1. The molecule has 2 rings (SSSR count). The summed E-state index contributed by atoms with van der Waals surface area (Å²) >= 11 is 2.70. The highest BCUT2D eigenvalue weighted by atomic mass is 32.2. The number of rotatable bonds is 6. The van der Waals surface area contributed by atoms with Crippen molar-refractivity contribution in [2.75, 3.05) is 25.2 Å². The predicted octanol–water partition coefficient (Wildman–Crippen LogP) is 2.73. The zero-order valence-corrected chi connectivity index (χ0v) is 14.6. The highest BCUT2D eigenvalue weighted by Crippen LogP contribution is 2.21. The predicted molar refractivity (Wildman–Crippen MR) is 91.0 cm³/mol. The van der Waals surface area contributed by atoms with Crippen molar-refractivity contribution >= 4 is 44.7 Å². The molecule has 2 aromatic rings. The molecule has 0 aliphatic heterocycles. The van der Waals surface area contributed by atoms with E-state index in [1.54, 1.807) is 29.3 Å². The molecular formula is C14H16N2O3S3. The van der Waals surface area contributed by atoms with Gasteiger partial charge in [0, 0.05) is 17.6 Å². The second-order valence-corrected chi connectivity index (χ2v) is 8.57. The molecule has 1 N–H and O–H groups in total. The summed E-state index contributed by atoms with van der Waals surface area (Å²) in [5, 5.41) is 4.40. The van der Waals surface area contributed by atoms with Gasteiger partial charge in [-0.25, -0.2) is 8.42 Å². The van der Waals surface area contributed by atoms with E-state index in [0.717, 1.165) is 20.5 Å². The third-order valence-electron chi connectivity index (χ3n) is 2.88. The van der Waals surface area contributed by atoms with Crippen LogP contribution in [0, 0.1) is 0 Å². The number of likely N-dealkylation sites (N-methyl/N-ethyl adjacent to an activating group) is 1. The third-order valence-corrected chi connectivity index (χ3v) is 6.78. The average Bonchev–Trinajstić information content (AvgIpc) is 3.02. The third kappa shape index (κ3) is 4.10. The molecule has 1 heterocycles. The van der Waals surface area contributed by atoms with E-state index in [1.807, 2.05) is 24.5 Å². The Hall–Kier alpha value is -1.35. The van der Waals surface area contributed by atoms with E-state index in [1.165, 1.54) is 13.1 Å². The first-order valence-corrected chi connectivity index (χ1v) is 9.91. The number of carbonyl (C=O) groups excluding carboxylic acids is 1. The van der Waals surface area contributed by atoms with Gasteiger partial charge in [0.15, 0.2) is 0 Å². The first-order chi connectivity index (χ1) is 10.4. The fourth-order valence-corrected chi connectivity index (χ4v) is 4.54. The molecule has 0 saturated carbocycles. The molecule has 1 aromatic carbocycles. The van der Waals surface area contributed by atoms with Gasteiger partial charge in [0.05, 0.1) is 6.54 Å². The number of amides is 1. The maximum Gasteiger partial charge on any atom is 0.252 e. The number of nitrogens with one attached hydrogen (secondary N) is 1. The summed E-state index contributed by atoms with van der Waals surface area (Å²) in [4.78, 5) is 13.0. The van der Waals surface area contributed by atoms with Crippen LogP contribution in [0.3, 0.4) is 0 Å². The van der Waals surface area contributed by atoms with Crippen molar-refractivity contribution < 1.29 is 13.2 Å². The van der Waals surface area contributed by atoms with Gasteiger partial charge in [-0.3, -0.25) is 4.79 Å².